The van der Waals surface area contributed by atoms with Gasteiger partial charge < -0.3 is 20.3 Å². The molecule has 2 atom stereocenters. The van der Waals surface area contributed by atoms with Crippen LogP contribution in [0, 0.1) is 5.92 Å². The fraction of sp³-hybridized carbons (Fsp3) is 0.303. The highest BCUT2D eigenvalue weighted by Crippen LogP contribution is 2.38. The van der Waals surface area contributed by atoms with Crippen molar-refractivity contribution in [3.8, 4) is 11.5 Å². The first-order chi connectivity index (χ1) is 20.0. The van der Waals surface area contributed by atoms with Gasteiger partial charge in [0.15, 0.2) is 0 Å². The summed E-state index contributed by atoms with van der Waals surface area (Å²) in [7, 11) is 0. The molecule has 6 rings (SSSR count). The molecule has 0 saturated heterocycles. The zero-order valence-electron chi connectivity index (χ0n) is 23.1. The number of amides is 4. The van der Waals surface area contributed by atoms with E-state index in [1.165, 1.54) is 0 Å². The van der Waals surface area contributed by atoms with Crippen LogP contribution >= 0.6 is 0 Å². The molecule has 3 aliphatic rings. The van der Waals surface area contributed by atoms with E-state index >= 15 is 0 Å². The van der Waals surface area contributed by atoms with Crippen LogP contribution in [0.15, 0.2) is 96.2 Å². The minimum Gasteiger partial charge on any atom is -0.457 e. The van der Waals surface area contributed by atoms with Crippen LogP contribution in [-0.4, -0.2) is 53.3 Å². The summed E-state index contributed by atoms with van der Waals surface area (Å²) in [6, 6.07) is 25.0. The summed E-state index contributed by atoms with van der Waals surface area (Å²) in [6.07, 6.45) is 2.63. The maximum absolute atomic E-state index is 14.2. The second-order valence-corrected chi connectivity index (χ2v) is 10.8. The van der Waals surface area contributed by atoms with Gasteiger partial charge in [-0.2, -0.15) is 0 Å². The summed E-state index contributed by atoms with van der Waals surface area (Å²) < 4.78 is 6.04. The van der Waals surface area contributed by atoms with E-state index in [2.05, 4.69) is 10.6 Å². The Balaban J connectivity index is 1.31. The van der Waals surface area contributed by atoms with Crippen molar-refractivity contribution in [1.82, 2.24) is 20.4 Å². The Labute approximate surface area is 240 Å². The molecule has 0 aromatic heterocycles. The van der Waals surface area contributed by atoms with Gasteiger partial charge in [0.1, 0.15) is 17.5 Å². The fourth-order valence-corrected chi connectivity index (χ4v) is 5.60. The number of rotatable bonds is 10. The molecule has 2 heterocycles. The summed E-state index contributed by atoms with van der Waals surface area (Å²) in [5, 5.41) is 6.13. The van der Waals surface area contributed by atoms with Gasteiger partial charge in [-0.1, -0.05) is 60.7 Å². The predicted octanol–water partition coefficient (Wildman–Crippen LogP) is 4.80. The molecule has 41 heavy (non-hydrogen) atoms. The number of carbonyl (C=O) groups excluding carboxylic acids is 3. The van der Waals surface area contributed by atoms with Crippen LogP contribution in [0.25, 0.3) is 0 Å². The second-order valence-electron chi connectivity index (χ2n) is 10.8. The molecule has 2 unspecified atom stereocenters. The molecule has 8 nitrogen and oxygen atoms in total. The van der Waals surface area contributed by atoms with Crippen LogP contribution in [0.2, 0.25) is 0 Å². The van der Waals surface area contributed by atoms with E-state index in [-0.39, 0.29) is 24.4 Å². The molecule has 0 radical (unpaired) electrons. The topological polar surface area (TPSA) is 91.0 Å². The average Bonchev–Trinajstić information content (AvgIpc) is 3.77. The van der Waals surface area contributed by atoms with Crippen LogP contribution in [-0.2, 0) is 16.0 Å². The Morgan fingerprint density at radius 3 is 2.39 bits per heavy atom. The predicted molar refractivity (Wildman–Crippen MR) is 155 cm³/mol. The number of hydrogen-bond acceptors (Lipinski definition) is 4. The minimum atomic E-state index is -0.698. The van der Waals surface area contributed by atoms with Crippen molar-refractivity contribution in [1.29, 1.82) is 0 Å². The first kappa shape index (κ1) is 26.6. The maximum Gasteiger partial charge on any atom is 0.322 e. The smallest absolute Gasteiger partial charge is 0.322 e. The van der Waals surface area contributed by atoms with Gasteiger partial charge in [-0.05, 0) is 61.1 Å². The molecule has 3 aromatic rings. The second kappa shape index (κ2) is 11.5. The van der Waals surface area contributed by atoms with Crippen molar-refractivity contribution < 1.29 is 19.1 Å². The van der Waals surface area contributed by atoms with Gasteiger partial charge in [0, 0.05) is 19.5 Å². The van der Waals surface area contributed by atoms with Crippen molar-refractivity contribution in [3.63, 3.8) is 0 Å². The van der Waals surface area contributed by atoms with E-state index in [0.717, 1.165) is 24.0 Å². The molecule has 210 valence electrons. The average molecular weight is 551 g/mol. The van der Waals surface area contributed by atoms with Crippen LogP contribution in [0.5, 0.6) is 11.5 Å². The Bertz CT molecular complexity index is 1470. The van der Waals surface area contributed by atoms with Crippen molar-refractivity contribution in [3.05, 3.63) is 107 Å². The number of ether oxygens (including phenoxy) is 1. The van der Waals surface area contributed by atoms with Gasteiger partial charge in [0.05, 0.1) is 23.9 Å². The molecule has 3 aromatic carbocycles. The summed E-state index contributed by atoms with van der Waals surface area (Å²) in [5.74, 6) is 1.42. The molecule has 1 aliphatic carbocycles. The van der Waals surface area contributed by atoms with Crippen LogP contribution in [0.1, 0.15) is 36.9 Å². The van der Waals surface area contributed by atoms with Gasteiger partial charge in [0.2, 0.25) is 5.91 Å². The summed E-state index contributed by atoms with van der Waals surface area (Å²) in [6.45, 7) is 3.11. The number of nitrogens with zero attached hydrogens (tertiary/aromatic N) is 2. The first-order valence-electron chi connectivity index (χ1n) is 14.3. The summed E-state index contributed by atoms with van der Waals surface area (Å²) in [4.78, 5) is 44.3. The standard InChI is InChI=1S/C33H34N4O4/c1-2-36-28-21-37(27(18-22-10-5-3-6-11-22)31(38)34-20-23-16-17-23)32(39)29(28)30(35-33(36)40)24-12-9-15-26(19-24)41-25-13-7-4-8-14-25/h3-15,19,23,27,30H,2,16-18,20-21H2,1H3,(H,34,38)(H,35,40). The van der Waals surface area contributed by atoms with Gasteiger partial charge in [-0.25, -0.2) is 4.79 Å². The normalized spacial score (nSPS) is 19.1. The SMILES string of the molecule is CCN1C(=O)NC(c2cccc(Oc3ccccc3)c2)C2=C1CN(C(Cc1ccccc1)C(=O)NCC1CC1)C2=O. The van der Waals surface area contributed by atoms with Gasteiger partial charge in [-0.3, -0.25) is 14.5 Å². The third kappa shape index (κ3) is 5.68. The highest BCUT2D eigenvalue weighted by atomic mass is 16.5. The Kier molecular flexibility index (Phi) is 7.46. The maximum atomic E-state index is 14.2. The molecule has 2 aliphatic heterocycles. The number of hydrogen-bond donors (Lipinski definition) is 2. The lowest BCUT2D eigenvalue weighted by Gasteiger charge is -2.33. The molecule has 1 fully saturated rings. The monoisotopic (exact) mass is 550 g/mol. The van der Waals surface area contributed by atoms with Crippen LogP contribution < -0.4 is 15.4 Å². The first-order valence-corrected chi connectivity index (χ1v) is 14.3. The van der Waals surface area contributed by atoms with Crippen molar-refractivity contribution >= 4 is 17.8 Å². The molecule has 0 bridgehead atoms. The van der Waals surface area contributed by atoms with E-state index in [9.17, 15) is 14.4 Å². The fourth-order valence-electron chi connectivity index (χ4n) is 5.60. The number of para-hydroxylation sites is 1. The summed E-state index contributed by atoms with van der Waals surface area (Å²) in [5.41, 5.74) is 2.86. The van der Waals surface area contributed by atoms with E-state index < -0.39 is 12.1 Å². The highest BCUT2D eigenvalue weighted by Gasteiger charge is 2.47. The summed E-state index contributed by atoms with van der Waals surface area (Å²) >= 11 is 0. The quantitative estimate of drug-likeness (QED) is 0.380. The Morgan fingerprint density at radius 1 is 0.976 bits per heavy atom. The van der Waals surface area contributed by atoms with E-state index in [1.54, 1.807) is 9.80 Å². The minimum absolute atomic E-state index is 0.161. The molecule has 4 amide bonds. The van der Waals surface area contributed by atoms with Crippen molar-refractivity contribution in [2.75, 3.05) is 19.6 Å². The lowest BCUT2D eigenvalue weighted by molar-refractivity contribution is -0.136. The lowest BCUT2D eigenvalue weighted by Crippen LogP contribution is -2.50. The molecule has 2 N–H and O–H groups in total. The third-order valence-corrected chi connectivity index (χ3v) is 7.95. The molecular weight excluding hydrogens is 516 g/mol. The number of nitrogens with one attached hydrogen (secondary N) is 2. The zero-order valence-corrected chi connectivity index (χ0v) is 23.1. The molecular formula is C33H34N4O4. The van der Waals surface area contributed by atoms with E-state index in [1.807, 2.05) is 91.9 Å². The van der Waals surface area contributed by atoms with Crippen LogP contribution in [0.3, 0.4) is 0 Å². The Hall–Kier alpha value is -4.59. The zero-order chi connectivity index (χ0) is 28.3. The van der Waals surface area contributed by atoms with Gasteiger partial charge in [0.25, 0.3) is 5.91 Å². The van der Waals surface area contributed by atoms with Gasteiger partial charge >= 0.3 is 6.03 Å². The molecule has 0 spiro atoms. The van der Waals surface area contributed by atoms with E-state index in [0.29, 0.717) is 48.2 Å². The lowest BCUT2D eigenvalue weighted by atomic mass is 9.95. The highest BCUT2D eigenvalue weighted by molar-refractivity contribution is 6.03. The van der Waals surface area contributed by atoms with Crippen LogP contribution in [0.4, 0.5) is 4.79 Å². The molecule has 8 heteroatoms. The largest absolute Gasteiger partial charge is 0.457 e. The van der Waals surface area contributed by atoms with Crippen molar-refractivity contribution in [2.45, 2.75) is 38.3 Å². The number of benzene rings is 3. The van der Waals surface area contributed by atoms with Crippen molar-refractivity contribution in [2.24, 2.45) is 5.92 Å². The number of likely N-dealkylation sites (N-methyl/N-ethyl adjacent to an activating group) is 1. The third-order valence-electron chi connectivity index (χ3n) is 7.95. The molecule has 1 saturated carbocycles. The number of carbonyl (C=O) groups is 3. The Morgan fingerprint density at radius 2 is 1.68 bits per heavy atom. The number of urea groups is 1. The van der Waals surface area contributed by atoms with Gasteiger partial charge in [-0.15, -0.1) is 0 Å². The van der Waals surface area contributed by atoms with E-state index in [4.69, 9.17) is 4.74 Å².